The van der Waals surface area contributed by atoms with Crippen molar-refractivity contribution in [2.75, 3.05) is 0 Å². The van der Waals surface area contributed by atoms with E-state index in [1.165, 1.54) is 62.5 Å². The summed E-state index contributed by atoms with van der Waals surface area (Å²) in [5.41, 5.74) is 3.30. The van der Waals surface area contributed by atoms with E-state index in [4.69, 9.17) is 0 Å². The van der Waals surface area contributed by atoms with Gasteiger partial charge in [-0.2, -0.15) is 0 Å². The molecule has 2 nitrogen and oxygen atoms in total. The van der Waals surface area contributed by atoms with Crippen molar-refractivity contribution in [1.82, 2.24) is 0 Å². The van der Waals surface area contributed by atoms with E-state index in [1.807, 2.05) is 6.08 Å². The molecule has 3 aliphatic carbocycles. The maximum atomic E-state index is 10.1. The third-order valence-corrected chi connectivity index (χ3v) is 9.44. The van der Waals surface area contributed by atoms with Gasteiger partial charge in [0.2, 0.25) is 0 Å². The molecule has 3 rings (SSSR count). The summed E-state index contributed by atoms with van der Waals surface area (Å²) in [5, 5.41) is 20.0. The van der Waals surface area contributed by atoms with Crippen molar-refractivity contribution in [1.29, 1.82) is 0 Å². The summed E-state index contributed by atoms with van der Waals surface area (Å²) in [6, 6.07) is 0. The first-order chi connectivity index (χ1) is 14.7. The maximum absolute atomic E-state index is 10.1. The van der Waals surface area contributed by atoms with Gasteiger partial charge < -0.3 is 10.2 Å². The zero-order chi connectivity index (χ0) is 22.6. The molecule has 0 radical (unpaired) electrons. The van der Waals surface area contributed by atoms with Crippen molar-refractivity contribution in [2.24, 2.45) is 28.6 Å². The number of hydrogen-bond acceptors (Lipinski definition) is 2. The van der Waals surface area contributed by atoms with Gasteiger partial charge in [0.05, 0.1) is 12.2 Å². The Morgan fingerprint density at radius 3 is 2.68 bits per heavy atom. The molecule has 0 aliphatic heterocycles. The predicted octanol–water partition coefficient (Wildman–Crippen LogP) is 7.37. The van der Waals surface area contributed by atoms with Crippen LogP contribution in [0.2, 0.25) is 0 Å². The van der Waals surface area contributed by atoms with Gasteiger partial charge in [0.25, 0.3) is 0 Å². The molecule has 0 spiro atoms. The van der Waals surface area contributed by atoms with Crippen LogP contribution in [0.3, 0.4) is 0 Å². The second kappa shape index (κ2) is 10.4. The van der Waals surface area contributed by atoms with Crippen molar-refractivity contribution in [3.05, 3.63) is 35.5 Å². The molecule has 0 saturated heterocycles. The number of rotatable bonds is 9. The maximum Gasteiger partial charge on any atom is 0.0764 e. The lowest BCUT2D eigenvalue weighted by Gasteiger charge is -2.50. The van der Waals surface area contributed by atoms with Crippen LogP contribution in [-0.2, 0) is 0 Å². The van der Waals surface area contributed by atoms with Gasteiger partial charge in [-0.25, -0.2) is 0 Å². The summed E-state index contributed by atoms with van der Waals surface area (Å²) < 4.78 is 0. The van der Waals surface area contributed by atoms with Gasteiger partial charge in [-0.1, -0.05) is 77.7 Å². The second-order valence-electron chi connectivity index (χ2n) is 11.4. The predicted molar refractivity (Wildman–Crippen MR) is 132 cm³/mol. The molecule has 7 atom stereocenters. The van der Waals surface area contributed by atoms with Gasteiger partial charge >= 0.3 is 0 Å². The van der Waals surface area contributed by atoms with Crippen LogP contribution in [0.25, 0.3) is 0 Å². The molecule has 176 valence electrons. The van der Waals surface area contributed by atoms with E-state index in [0.717, 1.165) is 37.0 Å². The summed E-state index contributed by atoms with van der Waals surface area (Å²) in [4.78, 5) is 0. The monoisotopic (exact) mass is 428 g/mol. The third-order valence-electron chi connectivity index (χ3n) is 9.44. The molecule has 0 bridgehead atoms. The second-order valence-corrected chi connectivity index (χ2v) is 11.4. The number of aliphatic hydroxyl groups is 2. The smallest absolute Gasteiger partial charge is 0.0764 e. The average Bonchev–Trinajstić information content (AvgIpc) is 3.04. The Morgan fingerprint density at radius 2 is 1.97 bits per heavy atom. The fourth-order valence-corrected chi connectivity index (χ4v) is 7.41. The van der Waals surface area contributed by atoms with Crippen LogP contribution in [0, 0.1) is 28.6 Å². The highest BCUT2D eigenvalue weighted by atomic mass is 16.3. The number of aliphatic hydroxyl groups excluding tert-OH is 2. The zero-order valence-corrected chi connectivity index (χ0v) is 20.9. The summed E-state index contributed by atoms with van der Waals surface area (Å²) in [6.07, 6.45) is 21.5. The van der Waals surface area contributed by atoms with Gasteiger partial charge in [0.1, 0.15) is 0 Å². The highest BCUT2D eigenvalue weighted by Gasteiger charge is 2.57. The molecular formula is C29H48O2. The van der Waals surface area contributed by atoms with Crippen LogP contribution >= 0.6 is 0 Å². The lowest BCUT2D eigenvalue weighted by Crippen LogP contribution is -2.42. The third kappa shape index (κ3) is 5.38. The highest BCUT2D eigenvalue weighted by molar-refractivity contribution is 5.37. The number of unbranched alkanes of at least 4 members (excludes halogenated alkanes) is 1. The van der Waals surface area contributed by atoms with Crippen LogP contribution in [0.4, 0.5) is 0 Å². The van der Waals surface area contributed by atoms with Crippen LogP contribution in [0.15, 0.2) is 35.5 Å². The van der Waals surface area contributed by atoms with E-state index < -0.39 is 0 Å². The molecule has 2 fully saturated rings. The van der Waals surface area contributed by atoms with E-state index in [-0.39, 0.29) is 17.6 Å². The molecule has 2 N–H and O–H groups in total. The molecular weight excluding hydrogens is 380 g/mol. The summed E-state index contributed by atoms with van der Waals surface area (Å²) in [6.45, 7) is 11.8. The van der Waals surface area contributed by atoms with Gasteiger partial charge in [-0.3, -0.25) is 0 Å². The molecule has 31 heavy (non-hydrogen) atoms. The first-order valence-corrected chi connectivity index (χ1v) is 13.2. The van der Waals surface area contributed by atoms with Crippen LogP contribution < -0.4 is 0 Å². The molecule has 2 saturated carbocycles. The largest absolute Gasteiger partial charge is 0.393 e. The fourth-order valence-electron chi connectivity index (χ4n) is 7.41. The molecule has 2 unspecified atom stereocenters. The standard InChI is InChI=1S/C29H48O2/c1-6-22-20-27-28(4,18-15-23-19-25(31)14-13-21(23)3)16-10-17-29(27,5)26(22)12-9-8-11-24(30)7-2/h13-15,18,22,24-27,30-31H,6-12,16-17,19-20H2,1-5H3/b18-15-/t22?,24-,25+,26+,27+,28?,29-/m0/s1. The number of fused-ring (bicyclic) bond motifs is 1. The Hall–Kier alpha value is -0.860. The van der Waals surface area contributed by atoms with Crippen molar-refractivity contribution in [3.8, 4) is 0 Å². The molecule has 0 amide bonds. The molecule has 3 aliphatic rings. The van der Waals surface area contributed by atoms with Crippen molar-refractivity contribution in [3.63, 3.8) is 0 Å². The lowest BCUT2D eigenvalue weighted by atomic mass is 9.54. The van der Waals surface area contributed by atoms with E-state index in [1.54, 1.807) is 0 Å². The molecule has 0 heterocycles. The minimum absolute atomic E-state index is 0.108. The van der Waals surface area contributed by atoms with Gasteiger partial charge in [-0.05, 0) is 85.2 Å². The Kier molecular flexibility index (Phi) is 8.30. The van der Waals surface area contributed by atoms with Crippen molar-refractivity contribution >= 4 is 0 Å². The summed E-state index contributed by atoms with van der Waals surface area (Å²) in [7, 11) is 0. The lowest BCUT2D eigenvalue weighted by molar-refractivity contribution is 0.0127. The minimum atomic E-state index is -0.334. The Balaban J connectivity index is 1.74. The average molecular weight is 429 g/mol. The van der Waals surface area contributed by atoms with E-state index in [9.17, 15) is 10.2 Å². The molecule has 2 heteroatoms. The van der Waals surface area contributed by atoms with Crippen molar-refractivity contribution < 1.29 is 10.2 Å². The Bertz CT molecular complexity index is 689. The first kappa shape index (κ1) is 24.8. The normalized spacial score (nSPS) is 39.3. The fraction of sp³-hybridized carbons (Fsp3) is 0.793. The van der Waals surface area contributed by atoms with Crippen molar-refractivity contribution in [2.45, 2.75) is 117 Å². The summed E-state index contributed by atoms with van der Waals surface area (Å²) in [5.74, 6) is 2.43. The minimum Gasteiger partial charge on any atom is -0.393 e. The van der Waals surface area contributed by atoms with Crippen LogP contribution in [-0.4, -0.2) is 22.4 Å². The SMILES string of the molecule is CCC1C[C@@H]2C(C)(/C=C\C3=C(C)C=C[C@@H](O)C3)CCC[C@@]2(C)[C@@H]1CCCC[C@@H](O)CC. The van der Waals surface area contributed by atoms with Gasteiger partial charge in [-0.15, -0.1) is 0 Å². The van der Waals surface area contributed by atoms with Gasteiger partial charge in [0.15, 0.2) is 0 Å². The topological polar surface area (TPSA) is 40.5 Å². The number of allylic oxidation sites excluding steroid dienone is 4. The van der Waals surface area contributed by atoms with Crippen LogP contribution in [0.1, 0.15) is 105 Å². The van der Waals surface area contributed by atoms with E-state index in [0.29, 0.717) is 5.41 Å². The Labute approximate surface area is 191 Å². The van der Waals surface area contributed by atoms with E-state index >= 15 is 0 Å². The summed E-state index contributed by atoms with van der Waals surface area (Å²) >= 11 is 0. The number of hydrogen-bond donors (Lipinski definition) is 2. The first-order valence-electron chi connectivity index (χ1n) is 13.2. The molecule has 0 aromatic carbocycles. The molecule has 0 aromatic rings. The Morgan fingerprint density at radius 1 is 1.19 bits per heavy atom. The highest BCUT2D eigenvalue weighted by Crippen LogP contribution is 2.65. The molecule has 0 aromatic heterocycles. The quantitative estimate of drug-likeness (QED) is 0.376. The zero-order valence-electron chi connectivity index (χ0n) is 20.9. The van der Waals surface area contributed by atoms with Crippen LogP contribution in [0.5, 0.6) is 0 Å². The van der Waals surface area contributed by atoms with E-state index in [2.05, 4.69) is 52.8 Å². The van der Waals surface area contributed by atoms with Gasteiger partial charge in [0, 0.05) is 6.42 Å².